The number of halogens is 1. The molecular formula is C22H23FN2O2. The highest BCUT2D eigenvalue weighted by molar-refractivity contribution is 5.99. The van der Waals surface area contributed by atoms with Crippen LogP contribution in [-0.4, -0.2) is 18.4 Å². The minimum atomic E-state index is -0.248. The average molecular weight is 366 g/mol. The SMILES string of the molecule is O=C(CCCc1ccc(F)cc1)Nc1ccc2c(c1)N(C(=O)C1CC1)CC2. The van der Waals surface area contributed by atoms with Gasteiger partial charge >= 0.3 is 0 Å². The lowest BCUT2D eigenvalue weighted by Crippen LogP contribution is -2.30. The van der Waals surface area contributed by atoms with E-state index >= 15 is 0 Å². The first-order valence-electron chi connectivity index (χ1n) is 9.59. The number of carbonyl (C=O) groups is 2. The molecule has 2 aromatic rings. The summed E-state index contributed by atoms with van der Waals surface area (Å²) in [6.45, 7) is 0.736. The summed E-state index contributed by atoms with van der Waals surface area (Å²) < 4.78 is 12.9. The lowest BCUT2D eigenvalue weighted by Gasteiger charge is -2.18. The highest BCUT2D eigenvalue weighted by Crippen LogP contribution is 2.37. The van der Waals surface area contributed by atoms with Crippen molar-refractivity contribution >= 4 is 23.2 Å². The van der Waals surface area contributed by atoms with Crippen LogP contribution >= 0.6 is 0 Å². The summed E-state index contributed by atoms with van der Waals surface area (Å²) in [4.78, 5) is 26.5. The number of aryl methyl sites for hydroxylation is 1. The normalized spacial score (nSPS) is 15.5. The lowest BCUT2D eigenvalue weighted by atomic mass is 10.1. The first kappa shape index (κ1) is 17.7. The molecule has 2 amide bonds. The second-order valence-corrected chi connectivity index (χ2v) is 7.39. The van der Waals surface area contributed by atoms with Gasteiger partial charge in [0.2, 0.25) is 11.8 Å². The fourth-order valence-electron chi connectivity index (χ4n) is 3.56. The molecule has 27 heavy (non-hydrogen) atoms. The number of anilines is 2. The van der Waals surface area contributed by atoms with Gasteiger partial charge in [0.15, 0.2) is 0 Å². The van der Waals surface area contributed by atoms with Gasteiger partial charge in [0.1, 0.15) is 5.82 Å². The van der Waals surface area contributed by atoms with Crippen LogP contribution in [0.4, 0.5) is 15.8 Å². The molecule has 2 aliphatic rings. The zero-order valence-corrected chi connectivity index (χ0v) is 15.2. The van der Waals surface area contributed by atoms with Crippen molar-refractivity contribution in [1.29, 1.82) is 0 Å². The number of fused-ring (bicyclic) bond motifs is 1. The molecule has 0 bridgehead atoms. The molecule has 1 aliphatic carbocycles. The van der Waals surface area contributed by atoms with Gasteiger partial charge in [-0.25, -0.2) is 4.39 Å². The second-order valence-electron chi connectivity index (χ2n) is 7.39. The van der Waals surface area contributed by atoms with Crippen LogP contribution in [0, 0.1) is 11.7 Å². The zero-order chi connectivity index (χ0) is 18.8. The third kappa shape index (κ3) is 4.18. The summed E-state index contributed by atoms with van der Waals surface area (Å²) in [6.07, 6.45) is 4.71. The van der Waals surface area contributed by atoms with E-state index in [0.717, 1.165) is 49.2 Å². The minimum absolute atomic E-state index is 0.0462. The molecule has 1 N–H and O–H groups in total. The van der Waals surface area contributed by atoms with Gasteiger partial charge in [-0.05, 0) is 67.5 Å². The Balaban J connectivity index is 1.32. The number of nitrogens with zero attached hydrogens (tertiary/aromatic N) is 1. The van der Waals surface area contributed by atoms with E-state index in [-0.39, 0.29) is 23.5 Å². The van der Waals surface area contributed by atoms with Gasteiger partial charge in [-0.15, -0.1) is 0 Å². The Labute approximate surface area is 158 Å². The molecule has 0 atom stereocenters. The summed E-state index contributed by atoms with van der Waals surface area (Å²) in [6, 6.07) is 12.2. The number of hydrogen-bond acceptors (Lipinski definition) is 2. The highest BCUT2D eigenvalue weighted by atomic mass is 19.1. The quantitative estimate of drug-likeness (QED) is 0.837. The van der Waals surface area contributed by atoms with Crippen molar-refractivity contribution in [1.82, 2.24) is 0 Å². The maximum atomic E-state index is 12.9. The molecule has 4 rings (SSSR count). The number of carbonyl (C=O) groups excluding carboxylic acids is 2. The molecule has 2 aromatic carbocycles. The van der Waals surface area contributed by atoms with Gasteiger partial charge in [0, 0.05) is 30.3 Å². The number of nitrogens with one attached hydrogen (secondary N) is 1. The molecular weight excluding hydrogens is 343 g/mol. The van der Waals surface area contributed by atoms with E-state index in [9.17, 15) is 14.0 Å². The van der Waals surface area contributed by atoms with Crippen molar-refractivity contribution in [2.24, 2.45) is 5.92 Å². The number of amides is 2. The third-order valence-corrected chi connectivity index (χ3v) is 5.24. The summed E-state index contributed by atoms with van der Waals surface area (Å²) in [5.41, 5.74) is 3.86. The largest absolute Gasteiger partial charge is 0.326 e. The molecule has 140 valence electrons. The van der Waals surface area contributed by atoms with Crippen LogP contribution in [0.2, 0.25) is 0 Å². The highest BCUT2D eigenvalue weighted by Gasteiger charge is 2.36. The monoisotopic (exact) mass is 366 g/mol. The summed E-state index contributed by atoms with van der Waals surface area (Å²) in [7, 11) is 0. The Bertz CT molecular complexity index is 859. The van der Waals surface area contributed by atoms with Gasteiger partial charge in [-0.3, -0.25) is 9.59 Å². The van der Waals surface area contributed by atoms with Crippen LogP contribution in [0.5, 0.6) is 0 Å². The van der Waals surface area contributed by atoms with Gasteiger partial charge in [-0.2, -0.15) is 0 Å². The maximum absolute atomic E-state index is 12.9. The Hall–Kier alpha value is -2.69. The first-order chi connectivity index (χ1) is 13.1. The Kier molecular flexibility index (Phi) is 4.92. The Morgan fingerprint density at radius 3 is 2.63 bits per heavy atom. The van der Waals surface area contributed by atoms with Crippen LogP contribution in [0.3, 0.4) is 0 Å². The summed E-state index contributed by atoms with van der Waals surface area (Å²) >= 11 is 0. The van der Waals surface area contributed by atoms with Gasteiger partial charge in [-0.1, -0.05) is 18.2 Å². The third-order valence-electron chi connectivity index (χ3n) is 5.24. The van der Waals surface area contributed by atoms with E-state index < -0.39 is 0 Å². The molecule has 0 spiro atoms. The second kappa shape index (κ2) is 7.51. The van der Waals surface area contributed by atoms with E-state index in [1.807, 2.05) is 23.1 Å². The number of benzene rings is 2. The summed E-state index contributed by atoms with van der Waals surface area (Å²) in [5.74, 6) is 0.120. The van der Waals surface area contributed by atoms with E-state index in [1.165, 1.54) is 17.7 Å². The van der Waals surface area contributed by atoms with Crippen LogP contribution < -0.4 is 10.2 Å². The molecule has 0 unspecified atom stereocenters. The minimum Gasteiger partial charge on any atom is -0.326 e. The van der Waals surface area contributed by atoms with E-state index in [4.69, 9.17) is 0 Å². The van der Waals surface area contributed by atoms with Crippen molar-refractivity contribution in [2.75, 3.05) is 16.8 Å². The molecule has 1 saturated carbocycles. The number of hydrogen-bond donors (Lipinski definition) is 1. The molecule has 4 nitrogen and oxygen atoms in total. The molecule has 1 heterocycles. The van der Waals surface area contributed by atoms with Gasteiger partial charge in [0.05, 0.1) is 0 Å². The smallest absolute Gasteiger partial charge is 0.230 e. The van der Waals surface area contributed by atoms with Crippen LogP contribution in [0.25, 0.3) is 0 Å². The van der Waals surface area contributed by atoms with Gasteiger partial charge in [0.25, 0.3) is 0 Å². The number of rotatable bonds is 6. The fraction of sp³-hybridized carbons (Fsp3) is 0.364. The lowest BCUT2D eigenvalue weighted by molar-refractivity contribution is -0.119. The molecule has 0 aromatic heterocycles. The molecule has 0 radical (unpaired) electrons. The van der Waals surface area contributed by atoms with Crippen molar-refractivity contribution in [3.63, 3.8) is 0 Å². The Morgan fingerprint density at radius 2 is 1.89 bits per heavy atom. The van der Waals surface area contributed by atoms with Crippen LogP contribution in [-0.2, 0) is 22.4 Å². The van der Waals surface area contributed by atoms with Crippen molar-refractivity contribution in [2.45, 2.75) is 38.5 Å². The van der Waals surface area contributed by atoms with Crippen molar-refractivity contribution < 1.29 is 14.0 Å². The Morgan fingerprint density at radius 1 is 1.11 bits per heavy atom. The topological polar surface area (TPSA) is 49.4 Å². The predicted octanol–water partition coefficient (Wildman–Crippen LogP) is 4.09. The van der Waals surface area contributed by atoms with Crippen molar-refractivity contribution in [3.8, 4) is 0 Å². The first-order valence-corrected chi connectivity index (χ1v) is 9.59. The van der Waals surface area contributed by atoms with E-state index in [2.05, 4.69) is 5.32 Å². The van der Waals surface area contributed by atoms with Crippen molar-refractivity contribution in [3.05, 3.63) is 59.4 Å². The van der Waals surface area contributed by atoms with E-state index in [1.54, 1.807) is 12.1 Å². The fourth-order valence-corrected chi connectivity index (χ4v) is 3.56. The van der Waals surface area contributed by atoms with E-state index in [0.29, 0.717) is 12.8 Å². The molecule has 0 saturated heterocycles. The standard InChI is InChI=1S/C22H23FN2O2/c23-18-9-4-15(5-10-18)2-1-3-21(26)24-19-11-8-16-12-13-25(20(16)14-19)22(27)17-6-7-17/h4-5,8-11,14,17H,1-3,6-7,12-13H2,(H,24,26). The molecule has 5 heteroatoms. The molecule has 1 fully saturated rings. The predicted molar refractivity (Wildman–Crippen MR) is 103 cm³/mol. The average Bonchev–Trinajstić information content (AvgIpc) is 3.43. The maximum Gasteiger partial charge on any atom is 0.230 e. The zero-order valence-electron chi connectivity index (χ0n) is 15.2. The summed E-state index contributed by atoms with van der Waals surface area (Å²) in [5, 5.41) is 2.93. The van der Waals surface area contributed by atoms with Crippen LogP contribution in [0.15, 0.2) is 42.5 Å². The van der Waals surface area contributed by atoms with Gasteiger partial charge < -0.3 is 10.2 Å². The molecule has 1 aliphatic heterocycles. The van der Waals surface area contributed by atoms with Crippen LogP contribution in [0.1, 0.15) is 36.8 Å².